The van der Waals surface area contributed by atoms with Gasteiger partial charge >= 0.3 is 0 Å². The van der Waals surface area contributed by atoms with Crippen LogP contribution in [0.4, 0.5) is 10.1 Å². The standard InChI is InChI=1S/C23H24FN5OS/c1-30-17-2-3-21-19(11-17)18(20(24)13-25-21)6-9-29-7-4-15(5-8-29)28-16-10-22-23(26-12-16)31-14-27-22/h2-3,10-15,28H,4-9H2,1H3. The monoisotopic (exact) mass is 437 g/mol. The second-order valence-corrected chi connectivity index (χ2v) is 8.71. The van der Waals surface area contributed by atoms with Crippen molar-refractivity contribution in [1.82, 2.24) is 19.9 Å². The third-order valence-corrected chi connectivity index (χ3v) is 6.71. The van der Waals surface area contributed by atoms with E-state index < -0.39 is 0 Å². The van der Waals surface area contributed by atoms with Gasteiger partial charge in [-0.1, -0.05) is 0 Å². The van der Waals surface area contributed by atoms with Crippen LogP contribution >= 0.6 is 11.3 Å². The maximum absolute atomic E-state index is 14.6. The maximum Gasteiger partial charge on any atom is 0.145 e. The largest absolute Gasteiger partial charge is 0.497 e. The molecule has 0 aliphatic carbocycles. The molecule has 5 rings (SSSR count). The number of ether oxygens (including phenoxy) is 1. The molecular formula is C23H24FN5OS. The minimum absolute atomic E-state index is 0.248. The van der Waals surface area contributed by atoms with Gasteiger partial charge in [-0.05, 0) is 43.5 Å². The zero-order chi connectivity index (χ0) is 21.2. The number of anilines is 1. The van der Waals surface area contributed by atoms with E-state index >= 15 is 0 Å². The van der Waals surface area contributed by atoms with Crippen LogP contribution in [0.1, 0.15) is 18.4 Å². The van der Waals surface area contributed by atoms with Gasteiger partial charge in [-0.2, -0.15) is 0 Å². The highest BCUT2D eigenvalue weighted by Gasteiger charge is 2.20. The SMILES string of the molecule is COc1ccc2ncc(F)c(CCN3CCC(Nc4cnc5scnc5c4)CC3)c2c1. The summed E-state index contributed by atoms with van der Waals surface area (Å²) in [5.41, 5.74) is 5.30. The zero-order valence-electron chi connectivity index (χ0n) is 17.3. The summed E-state index contributed by atoms with van der Waals surface area (Å²) in [5, 5.41) is 4.43. The van der Waals surface area contributed by atoms with Crippen molar-refractivity contribution in [3.63, 3.8) is 0 Å². The number of nitrogens with one attached hydrogen (secondary N) is 1. The second-order valence-electron chi connectivity index (χ2n) is 7.88. The molecule has 3 aromatic heterocycles. The Morgan fingerprint density at radius 3 is 2.84 bits per heavy atom. The van der Waals surface area contributed by atoms with Gasteiger partial charge in [0, 0.05) is 36.6 Å². The molecule has 8 heteroatoms. The Morgan fingerprint density at radius 1 is 1.13 bits per heavy atom. The van der Waals surface area contributed by atoms with Gasteiger partial charge < -0.3 is 15.0 Å². The molecule has 1 fully saturated rings. The summed E-state index contributed by atoms with van der Waals surface area (Å²) in [7, 11) is 1.62. The van der Waals surface area contributed by atoms with Gasteiger partial charge in [-0.15, -0.1) is 11.3 Å². The van der Waals surface area contributed by atoms with Crippen LogP contribution in [-0.4, -0.2) is 52.6 Å². The number of aromatic nitrogens is 3. The van der Waals surface area contributed by atoms with Crippen LogP contribution in [0.2, 0.25) is 0 Å². The van der Waals surface area contributed by atoms with Crippen molar-refractivity contribution < 1.29 is 9.13 Å². The molecule has 0 bridgehead atoms. The highest BCUT2D eigenvalue weighted by atomic mass is 32.1. The van der Waals surface area contributed by atoms with Crippen molar-refractivity contribution in [2.24, 2.45) is 0 Å². The van der Waals surface area contributed by atoms with Crippen LogP contribution in [0.15, 0.2) is 42.2 Å². The van der Waals surface area contributed by atoms with Gasteiger partial charge in [-0.3, -0.25) is 4.98 Å². The fourth-order valence-electron chi connectivity index (χ4n) is 4.23. The average molecular weight is 438 g/mol. The molecule has 4 aromatic rings. The van der Waals surface area contributed by atoms with Crippen molar-refractivity contribution in [2.75, 3.05) is 32.1 Å². The number of hydrogen-bond acceptors (Lipinski definition) is 7. The Morgan fingerprint density at radius 2 is 2.00 bits per heavy atom. The van der Waals surface area contributed by atoms with Gasteiger partial charge in [0.2, 0.25) is 0 Å². The molecule has 4 heterocycles. The molecule has 31 heavy (non-hydrogen) atoms. The lowest BCUT2D eigenvalue weighted by Gasteiger charge is -2.32. The molecule has 1 N–H and O–H groups in total. The molecule has 0 saturated carbocycles. The fraction of sp³-hybridized carbons (Fsp3) is 0.348. The smallest absolute Gasteiger partial charge is 0.145 e. The van der Waals surface area contributed by atoms with Crippen molar-refractivity contribution in [1.29, 1.82) is 0 Å². The number of piperidine rings is 1. The highest BCUT2D eigenvalue weighted by Crippen LogP contribution is 2.26. The lowest BCUT2D eigenvalue weighted by molar-refractivity contribution is 0.221. The molecular weight excluding hydrogens is 413 g/mol. The van der Waals surface area contributed by atoms with Crippen LogP contribution in [0.5, 0.6) is 5.75 Å². The number of pyridine rings is 2. The molecule has 1 aliphatic rings. The topological polar surface area (TPSA) is 63.2 Å². The maximum atomic E-state index is 14.6. The van der Waals surface area contributed by atoms with Crippen LogP contribution in [0.3, 0.4) is 0 Å². The summed E-state index contributed by atoms with van der Waals surface area (Å²) in [6.45, 7) is 2.79. The Balaban J connectivity index is 1.20. The lowest BCUT2D eigenvalue weighted by atomic mass is 10.0. The number of likely N-dealkylation sites (tertiary alicyclic amines) is 1. The molecule has 160 valence electrons. The normalized spacial score (nSPS) is 15.5. The molecule has 1 saturated heterocycles. The number of thiazole rings is 1. The summed E-state index contributed by atoms with van der Waals surface area (Å²) < 4.78 is 19.9. The van der Waals surface area contributed by atoms with Gasteiger partial charge in [-0.25, -0.2) is 14.4 Å². The third kappa shape index (κ3) is 4.31. The van der Waals surface area contributed by atoms with Crippen LogP contribution in [0, 0.1) is 5.82 Å². The van der Waals surface area contributed by atoms with E-state index in [0.717, 1.165) is 65.2 Å². The van der Waals surface area contributed by atoms with Crippen LogP contribution in [-0.2, 0) is 6.42 Å². The van der Waals surface area contributed by atoms with E-state index in [1.165, 1.54) is 6.20 Å². The minimum atomic E-state index is -0.248. The first-order valence-electron chi connectivity index (χ1n) is 10.5. The summed E-state index contributed by atoms with van der Waals surface area (Å²) in [4.78, 5) is 16.4. The highest BCUT2D eigenvalue weighted by molar-refractivity contribution is 7.16. The van der Waals surface area contributed by atoms with E-state index in [9.17, 15) is 4.39 Å². The number of fused-ring (bicyclic) bond motifs is 2. The van der Waals surface area contributed by atoms with Crippen molar-refractivity contribution in [2.45, 2.75) is 25.3 Å². The molecule has 0 radical (unpaired) electrons. The first kappa shape index (κ1) is 20.1. The van der Waals surface area contributed by atoms with E-state index in [2.05, 4.69) is 31.2 Å². The van der Waals surface area contributed by atoms with Gasteiger partial charge in [0.15, 0.2) is 0 Å². The van der Waals surface area contributed by atoms with Gasteiger partial charge in [0.05, 0.1) is 36.2 Å². The number of rotatable bonds is 6. The van der Waals surface area contributed by atoms with E-state index in [1.807, 2.05) is 29.9 Å². The van der Waals surface area contributed by atoms with E-state index in [-0.39, 0.29) is 5.82 Å². The molecule has 0 spiro atoms. The minimum Gasteiger partial charge on any atom is -0.497 e. The molecule has 1 aliphatic heterocycles. The molecule has 0 atom stereocenters. The predicted octanol–water partition coefficient (Wildman–Crippen LogP) is 4.51. The van der Waals surface area contributed by atoms with Crippen molar-refractivity contribution in [3.8, 4) is 5.75 Å². The summed E-state index contributed by atoms with van der Waals surface area (Å²) >= 11 is 1.56. The molecule has 0 amide bonds. The lowest BCUT2D eigenvalue weighted by Crippen LogP contribution is -2.40. The third-order valence-electron chi connectivity index (χ3n) is 5.96. The molecule has 6 nitrogen and oxygen atoms in total. The van der Waals surface area contributed by atoms with Crippen molar-refractivity contribution >= 4 is 38.3 Å². The Kier molecular flexibility index (Phi) is 5.65. The molecule has 1 aromatic carbocycles. The summed E-state index contributed by atoms with van der Waals surface area (Å²) in [6, 6.07) is 8.10. The average Bonchev–Trinajstić information content (AvgIpc) is 3.27. The van der Waals surface area contributed by atoms with E-state index in [0.29, 0.717) is 18.0 Å². The zero-order valence-corrected chi connectivity index (χ0v) is 18.2. The Labute approximate surface area is 184 Å². The summed E-state index contributed by atoms with van der Waals surface area (Å²) in [5.74, 6) is 0.473. The number of hydrogen-bond donors (Lipinski definition) is 1. The van der Waals surface area contributed by atoms with Gasteiger partial charge in [0.25, 0.3) is 0 Å². The number of halogens is 1. The Bertz CT molecular complexity index is 1210. The second kappa shape index (κ2) is 8.72. The first-order valence-corrected chi connectivity index (χ1v) is 11.4. The first-order chi connectivity index (χ1) is 15.2. The number of nitrogens with zero attached hydrogens (tertiary/aromatic N) is 4. The predicted molar refractivity (Wildman–Crippen MR) is 122 cm³/mol. The molecule has 0 unspecified atom stereocenters. The quantitative estimate of drug-likeness (QED) is 0.479. The fourth-order valence-corrected chi connectivity index (χ4v) is 4.84. The van der Waals surface area contributed by atoms with E-state index in [1.54, 1.807) is 18.4 Å². The summed E-state index contributed by atoms with van der Waals surface area (Å²) in [6.07, 6.45) is 5.96. The van der Waals surface area contributed by atoms with Gasteiger partial charge in [0.1, 0.15) is 21.9 Å². The number of benzene rings is 1. The van der Waals surface area contributed by atoms with Crippen molar-refractivity contribution in [3.05, 3.63) is 53.6 Å². The van der Waals surface area contributed by atoms with Crippen LogP contribution in [0.25, 0.3) is 21.3 Å². The number of methoxy groups -OCH3 is 1. The van der Waals surface area contributed by atoms with E-state index in [4.69, 9.17) is 4.74 Å². The van der Waals surface area contributed by atoms with Crippen LogP contribution < -0.4 is 10.1 Å². The Hall–Kier alpha value is -2.84.